The molecule has 1 fully saturated rings. The highest BCUT2D eigenvalue weighted by Gasteiger charge is 2.30. The van der Waals surface area contributed by atoms with E-state index in [2.05, 4.69) is 0 Å². The number of nitrogens with zero attached hydrogens (tertiary/aromatic N) is 1. The van der Waals surface area contributed by atoms with Crippen LogP contribution in [0.15, 0.2) is 30.3 Å². The molecule has 20 heavy (non-hydrogen) atoms. The van der Waals surface area contributed by atoms with Crippen LogP contribution in [0.5, 0.6) is 0 Å². The number of rotatable bonds is 7. The third-order valence-corrected chi connectivity index (χ3v) is 3.54. The average molecular weight is 287 g/mol. The Morgan fingerprint density at radius 3 is 2.40 bits per heavy atom. The first kappa shape index (κ1) is 15.3. The van der Waals surface area contributed by atoms with Crippen LogP contribution in [0.4, 0.5) is 13.2 Å². The van der Waals surface area contributed by atoms with Crippen molar-refractivity contribution in [2.45, 2.75) is 31.5 Å². The van der Waals surface area contributed by atoms with Crippen molar-refractivity contribution < 1.29 is 18.3 Å². The Labute approximate surface area is 117 Å². The first-order valence-electron chi connectivity index (χ1n) is 6.96. The number of aliphatic hydroxyl groups is 1. The monoisotopic (exact) mass is 287 g/mol. The van der Waals surface area contributed by atoms with Gasteiger partial charge in [0.2, 0.25) is 0 Å². The molecular formula is C15H20F3NO. The molecule has 1 atom stereocenters. The quantitative estimate of drug-likeness (QED) is 0.831. The Bertz CT molecular complexity index is 403. The molecule has 0 bridgehead atoms. The number of halogens is 3. The minimum Gasteiger partial charge on any atom is -0.387 e. The van der Waals surface area contributed by atoms with Crippen molar-refractivity contribution in [2.24, 2.45) is 5.92 Å². The van der Waals surface area contributed by atoms with Gasteiger partial charge in [0.05, 0.1) is 12.5 Å². The number of hydrogen-bond acceptors (Lipinski definition) is 2. The first-order chi connectivity index (χ1) is 9.44. The van der Waals surface area contributed by atoms with Crippen molar-refractivity contribution in [1.29, 1.82) is 0 Å². The van der Waals surface area contributed by atoms with E-state index in [9.17, 15) is 18.3 Å². The predicted molar refractivity (Wildman–Crippen MR) is 71.2 cm³/mol. The molecule has 0 radical (unpaired) electrons. The summed E-state index contributed by atoms with van der Waals surface area (Å²) < 4.78 is 37.0. The third-order valence-electron chi connectivity index (χ3n) is 3.54. The Morgan fingerprint density at radius 2 is 1.85 bits per heavy atom. The van der Waals surface area contributed by atoms with Crippen molar-refractivity contribution >= 4 is 0 Å². The van der Waals surface area contributed by atoms with Gasteiger partial charge in [0.1, 0.15) is 0 Å². The van der Waals surface area contributed by atoms with Crippen molar-refractivity contribution in [3.05, 3.63) is 35.9 Å². The van der Waals surface area contributed by atoms with Crippen LogP contribution in [-0.4, -0.2) is 35.8 Å². The van der Waals surface area contributed by atoms with Crippen LogP contribution in [0.3, 0.4) is 0 Å². The Hall–Kier alpha value is -1.07. The van der Waals surface area contributed by atoms with E-state index in [1.165, 1.54) is 0 Å². The summed E-state index contributed by atoms with van der Waals surface area (Å²) in [6, 6.07) is 9.08. The minimum atomic E-state index is -4.14. The van der Waals surface area contributed by atoms with Crippen LogP contribution in [0, 0.1) is 5.92 Å². The fraction of sp³-hybridized carbons (Fsp3) is 0.600. The second kappa shape index (κ2) is 6.59. The summed E-state index contributed by atoms with van der Waals surface area (Å²) in [7, 11) is 0. The van der Waals surface area contributed by atoms with E-state index in [0.717, 1.165) is 18.4 Å². The van der Waals surface area contributed by atoms with Gasteiger partial charge >= 0.3 is 6.18 Å². The molecule has 1 saturated carbocycles. The van der Waals surface area contributed by atoms with Crippen molar-refractivity contribution in [3.63, 3.8) is 0 Å². The maximum atomic E-state index is 12.3. The van der Waals surface area contributed by atoms with Crippen molar-refractivity contribution in [1.82, 2.24) is 4.90 Å². The van der Waals surface area contributed by atoms with E-state index in [-0.39, 0.29) is 13.1 Å². The highest BCUT2D eigenvalue weighted by molar-refractivity contribution is 5.17. The van der Waals surface area contributed by atoms with Gasteiger partial charge in [-0.3, -0.25) is 4.90 Å². The van der Waals surface area contributed by atoms with Crippen molar-refractivity contribution in [2.75, 3.05) is 19.6 Å². The van der Waals surface area contributed by atoms with E-state index < -0.39 is 18.7 Å². The van der Waals surface area contributed by atoms with Gasteiger partial charge in [-0.05, 0) is 24.3 Å². The molecule has 0 saturated heterocycles. The van der Waals surface area contributed by atoms with Crippen LogP contribution in [0.1, 0.15) is 30.9 Å². The van der Waals surface area contributed by atoms with Crippen LogP contribution < -0.4 is 0 Å². The van der Waals surface area contributed by atoms with Crippen LogP contribution in [0.25, 0.3) is 0 Å². The van der Waals surface area contributed by atoms with Gasteiger partial charge in [0, 0.05) is 19.6 Å². The lowest BCUT2D eigenvalue weighted by atomic mass is 10.1. The van der Waals surface area contributed by atoms with Gasteiger partial charge in [-0.2, -0.15) is 13.2 Å². The lowest BCUT2D eigenvalue weighted by Crippen LogP contribution is -2.33. The van der Waals surface area contributed by atoms with Gasteiger partial charge in [0.15, 0.2) is 0 Å². The number of alkyl halides is 3. The molecule has 1 aromatic rings. The third kappa shape index (κ3) is 5.51. The topological polar surface area (TPSA) is 23.5 Å². The SMILES string of the molecule is OC(CN(CCC(F)(F)F)CC1CC1)c1ccccc1. The molecule has 0 spiro atoms. The molecule has 5 heteroatoms. The highest BCUT2D eigenvalue weighted by atomic mass is 19.4. The largest absolute Gasteiger partial charge is 0.390 e. The number of hydrogen-bond donors (Lipinski definition) is 1. The zero-order valence-corrected chi connectivity index (χ0v) is 11.3. The lowest BCUT2D eigenvalue weighted by molar-refractivity contribution is -0.138. The zero-order chi connectivity index (χ0) is 14.6. The maximum absolute atomic E-state index is 12.3. The fourth-order valence-corrected chi connectivity index (χ4v) is 2.23. The zero-order valence-electron chi connectivity index (χ0n) is 11.3. The van der Waals surface area contributed by atoms with E-state index in [4.69, 9.17) is 0 Å². The molecule has 0 aliphatic heterocycles. The first-order valence-corrected chi connectivity index (χ1v) is 6.96. The minimum absolute atomic E-state index is 0.0378. The molecule has 1 aromatic carbocycles. The molecular weight excluding hydrogens is 267 g/mol. The fourth-order valence-electron chi connectivity index (χ4n) is 2.23. The van der Waals surface area contributed by atoms with Gasteiger partial charge in [-0.1, -0.05) is 30.3 Å². The molecule has 1 unspecified atom stereocenters. The lowest BCUT2D eigenvalue weighted by Gasteiger charge is -2.25. The molecule has 112 valence electrons. The molecule has 0 aromatic heterocycles. The smallest absolute Gasteiger partial charge is 0.387 e. The van der Waals surface area contributed by atoms with Crippen LogP contribution in [-0.2, 0) is 0 Å². The van der Waals surface area contributed by atoms with Gasteiger partial charge in [-0.15, -0.1) is 0 Å². The van der Waals surface area contributed by atoms with Gasteiger partial charge in [-0.25, -0.2) is 0 Å². The van der Waals surface area contributed by atoms with Crippen LogP contribution >= 0.6 is 0 Å². The Kier molecular flexibility index (Phi) is 5.05. The van der Waals surface area contributed by atoms with E-state index in [1.54, 1.807) is 17.0 Å². The van der Waals surface area contributed by atoms with Gasteiger partial charge < -0.3 is 5.11 Å². The second-order valence-corrected chi connectivity index (χ2v) is 5.49. The molecule has 1 N–H and O–H groups in total. The summed E-state index contributed by atoms with van der Waals surface area (Å²) >= 11 is 0. The summed E-state index contributed by atoms with van der Waals surface area (Å²) in [4.78, 5) is 1.74. The molecule has 0 amide bonds. The molecule has 2 rings (SSSR count). The van der Waals surface area contributed by atoms with E-state index >= 15 is 0 Å². The van der Waals surface area contributed by atoms with Crippen molar-refractivity contribution in [3.8, 4) is 0 Å². The number of aliphatic hydroxyl groups excluding tert-OH is 1. The van der Waals surface area contributed by atoms with E-state index in [0.29, 0.717) is 12.5 Å². The Morgan fingerprint density at radius 1 is 1.20 bits per heavy atom. The molecule has 0 heterocycles. The average Bonchev–Trinajstić information content (AvgIpc) is 3.20. The Balaban J connectivity index is 1.89. The highest BCUT2D eigenvalue weighted by Crippen LogP contribution is 2.31. The molecule has 2 nitrogen and oxygen atoms in total. The molecule has 1 aliphatic rings. The summed E-state index contributed by atoms with van der Waals surface area (Å²) in [6.45, 7) is 0.875. The summed E-state index contributed by atoms with van der Waals surface area (Å²) in [5.74, 6) is 0.506. The summed E-state index contributed by atoms with van der Waals surface area (Å²) in [5, 5.41) is 10.1. The molecule has 1 aliphatic carbocycles. The predicted octanol–water partition coefficient (Wildman–Crippen LogP) is 3.38. The normalized spacial score (nSPS) is 17.4. The van der Waals surface area contributed by atoms with Gasteiger partial charge in [0.25, 0.3) is 0 Å². The van der Waals surface area contributed by atoms with E-state index in [1.807, 2.05) is 18.2 Å². The summed E-state index contributed by atoms with van der Waals surface area (Å²) in [6.07, 6.45) is -3.52. The standard InChI is InChI=1S/C15H20F3NO/c16-15(17,18)8-9-19(10-12-6-7-12)11-14(20)13-4-2-1-3-5-13/h1-5,12,14,20H,6-11H2. The van der Waals surface area contributed by atoms with Crippen LogP contribution in [0.2, 0.25) is 0 Å². The second-order valence-electron chi connectivity index (χ2n) is 5.49. The summed E-state index contributed by atoms with van der Waals surface area (Å²) in [5.41, 5.74) is 0.750. The maximum Gasteiger partial charge on any atom is 0.390 e. The number of benzene rings is 1.